The van der Waals surface area contributed by atoms with Crippen molar-refractivity contribution in [2.24, 2.45) is 0 Å². The molecular weight excluding hydrogens is 322 g/mol. The molecule has 2 aromatic rings. The number of hydrogen-bond acceptors (Lipinski definition) is 4. The Bertz CT molecular complexity index is 583. The van der Waals surface area contributed by atoms with Crippen LogP contribution in [0.4, 0.5) is 22.7 Å². The largest absolute Gasteiger partial charge is 0.399 e. The van der Waals surface area contributed by atoms with E-state index in [1.54, 1.807) is 0 Å². The summed E-state index contributed by atoms with van der Waals surface area (Å²) >= 11 is 0. The van der Waals surface area contributed by atoms with E-state index in [2.05, 4.69) is 24.6 Å². The van der Waals surface area contributed by atoms with E-state index in [0.29, 0.717) is 0 Å². The molecule has 2 rings (SSSR count). The molecule has 0 aromatic heterocycles. The minimum absolute atomic E-state index is 0.804. The predicted molar refractivity (Wildman–Crippen MR) is 114 cm³/mol. The molecule has 26 heavy (non-hydrogen) atoms. The lowest BCUT2D eigenvalue weighted by Gasteiger charge is -2.33. The van der Waals surface area contributed by atoms with E-state index in [4.69, 9.17) is 11.5 Å². The molecule has 142 valence electrons. The molecule has 5 heteroatoms. The Kier molecular flexibility index (Phi) is 7.60. The van der Waals surface area contributed by atoms with Crippen LogP contribution < -0.4 is 22.1 Å². The molecule has 0 unspecified atom stereocenters. The van der Waals surface area contributed by atoms with Crippen molar-refractivity contribution in [1.82, 2.24) is 0 Å². The van der Waals surface area contributed by atoms with Gasteiger partial charge in [-0.3, -0.25) is 0 Å². The lowest BCUT2D eigenvalue weighted by atomic mass is 10.2. The normalized spacial score (nSPS) is 11.3. The zero-order valence-corrected chi connectivity index (χ0v) is 16.2. The van der Waals surface area contributed by atoms with E-state index in [1.165, 1.54) is 13.1 Å². The molecule has 0 heterocycles. The average Bonchev–Trinajstić information content (AvgIpc) is 2.65. The molecule has 0 bridgehead atoms. The van der Waals surface area contributed by atoms with Crippen molar-refractivity contribution in [2.45, 2.75) is 19.8 Å². The second-order valence-electron chi connectivity index (χ2n) is 7.19. The van der Waals surface area contributed by atoms with Crippen LogP contribution in [0.25, 0.3) is 0 Å². The molecule has 6 N–H and O–H groups in total. The molecule has 0 radical (unpaired) electrons. The Morgan fingerprint density at radius 1 is 0.731 bits per heavy atom. The van der Waals surface area contributed by atoms with Crippen molar-refractivity contribution >= 4 is 22.7 Å². The van der Waals surface area contributed by atoms with E-state index in [9.17, 15) is 0 Å². The topological polar surface area (TPSA) is 76.1 Å². The van der Waals surface area contributed by atoms with E-state index < -0.39 is 0 Å². The summed E-state index contributed by atoms with van der Waals surface area (Å²) in [6.07, 6.45) is 2.31. The highest BCUT2D eigenvalue weighted by molar-refractivity contribution is 5.51. The SMILES string of the molecule is CC[N+](C)(CCCNc1ccc(N)cc1)CCCNc1ccc(N)cc1. The zero-order valence-electron chi connectivity index (χ0n) is 16.2. The van der Waals surface area contributed by atoms with Crippen molar-refractivity contribution in [2.75, 3.05) is 61.9 Å². The second-order valence-corrected chi connectivity index (χ2v) is 7.19. The molecular formula is C21H34N5+. The molecule has 0 saturated carbocycles. The summed E-state index contributed by atoms with van der Waals surface area (Å²) in [5.74, 6) is 0. The highest BCUT2D eigenvalue weighted by atomic mass is 15.3. The van der Waals surface area contributed by atoms with E-state index in [0.717, 1.165) is 59.7 Å². The number of benzene rings is 2. The standard InChI is InChI=1S/C21H34N5/c1-3-26(2,16-4-14-24-20-10-6-18(22)7-11-20)17-5-15-25-21-12-8-19(23)9-13-21/h6-13,24-25H,3-5,14-17,22-23H2,1-2H3/q+1. The maximum absolute atomic E-state index is 5.72. The molecule has 2 aromatic carbocycles. The monoisotopic (exact) mass is 356 g/mol. The Morgan fingerprint density at radius 3 is 1.46 bits per heavy atom. The van der Waals surface area contributed by atoms with Gasteiger partial charge in [0.1, 0.15) is 0 Å². The van der Waals surface area contributed by atoms with E-state index >= 15 is 0 Å². The molecule has 0 atom stereocenters. The maximum atomic E-state index is 5.72. The van der Waals surface area contributed by atoms with Crippen molar-refractivity contribution in [1.29, 1.82) is 0 Å². The van der Waals surface area contributed by atoms with Gasteiger partial charge in [-0.2, -0.15) is 0 Å². The van der Waals surface area contributed by atoms with Crippen LogP contribution in [0, 0.1) is 0 Å². The number of rotatable bonds is 11. The number of hydrogen-bond donors (Lipinski definition) is 4. The molecule has 0 aliphatic carbocycles. The van der Waals surface area contributed by atoms with Crippen LogP contribution in [-0.2, 0) is 0 Å². The highest BCUT2D eigenvalue weighted by Gasteiger charge is 2.17. The number of nitrogens with one attached hydrogen (secondary N) is 2. The smallest absolute Gasteiger partial charge is 0.0801 e. The third kappa shape index (κ3) is 6.84. The average molecular weight is 357 g/mol. The van der Waals surface area contributed by atoms with Gasteiger partial charge in [-0.15, -0.1) is 0 Å². The van der Waals surface area contributed by atoms with Gasteiger partial charge in [0.25, 0.3) is 0 Å². The molecule has 0 saturated heterocycles. The second kappa shape index (κ2) is 9.92. The lowest BCUT2D eigenvalue weighted by molar-refractivity contribution is -0.907. The minimum atomic E-state index is 0.804. The zero-order chi connectivity index (χ0) is 18.8. The molecule has 0 amide bonds. The van der Waals surface area contributed by atoms with Crippen LogP contribution in [0.2, 0.25) is 0 Å². The van der Waals surface area contributed by atoms with Crippen molar-refractivity contribution in [3.63, 3.8) is 0 Å². The number of nitrogens with two attached hydrogens (primary N) is 2. The quantitative estimate of drug-likeness (QED) is 0.282. The van der Waals surface area contributed by atoms with Crippen LogP contribution >= 0.6 is 0 Å². The van der Waals surface area contributed by atoms with Gasteiger partial charge >= 0.3 is 0 Å². The fourth-order valence-corrected chi connectivity index (χ4v) is 3.02. The first-order valence-electron chi connectivity index (χ1n) is 9.53. The Balaban J connectivity index is 1.65. The van der Waals surface area contributed by atoms with Gasteiger partial charge in [0.2, 0.25) is 0 Å². The summed E-state index contributed by atoms with van der Waals surface area (Å²) < 4.78 is 1.10. The predicted octanol–water partition coefficient (Wildman–Crippen LogP) is 3.62. The fourth-order valence-electron chi connectivity index (χ4n) is 3.02. The van der Waals surface area contributed by atoms with E-state index in [1.807, 2.05) is 48.5 Å². The van der Waals surface area contributed by atoms with Gasteiger partial charge in [0.05, 0.1) is 26.7 Å². The van der Waals surface area contributed by atoms with Crippen LogP contribution in [0.1, 0.15) is 19.8 Å². The van der Waals surface area contributed by atoms with Gasteiger partial charge in [-0.05, 0) is 55.5 Å². The fraction of sp³-hybridized carbons (Fsp3) is 0.429. The van der Waals surface area contributed by atoms with Gasteiger partial charge in [0, 0.05) is 48.7 Å². The van der Waals surface area contributed by atoms with Crippen LogP contribution in [-0.4, -0.2) is 44.3 Å². The first kappa shape index (κ1) is 19.9. The number of quaternary nitrogens is 1. The Labute approximate surface area is 158 Å². The first-order valence-corrected chi connectivity index (χ1v) is 9.53. The van der Waals surface area contributed by atoms with E-state index in [-0.39, 0.29) is 0 Å². The van der Waals surface area contributed by atoms with Gasteiger partial charge < -0.3 is 26.6 Å². The molecule has 0 aliphatic rings. The number of nitrogens with zero attached hydrogens (tertiary/aromatic N) is 1. The summed E-state index contributed by atoms with van der Waals surface area (Å²) in [6, 6.07) is 15.9. The maximum Gasteiger partial charge on any atom is 0.0801 e. The molecule has 0 aliphatic heterocycles. The van der Waals surface area contributed by atoms with Crippen LogP contribution in [0.5, 0.6) is 0 Å². The first-order chi connectivity index (χ1) is 12.5. The highest BCUT2D eigenvalue weighted by Crippen LogP contribution is 2.12. The number of nitrogen functional groups attached to an aromatic ring is 2. The Hall–Kier alpha value is -2.40. The van der Waals surface area contributed by atoms with Crippen LogP contribution in [0.3, 0.4) is 0 Å². The lowest BCUT2D eigenvalue weighted by Crippen LogP contribution is -2.46. The molecule has 5 nitrogen and oxygen atoms in total. The third-order valence-electron chi connectivity index (χ3n) is 4.99. The van der Waals surface area contributed by atoms with Gasteiger partial charge in [0.15, 0.2) is 0 Å². The summed E-state index contributed by atoms with van der Waals surface area (Å²) in [5, 5.41) is 6.95. The van der Waals surface area contributed by atoms with Crippen molar-refractivity contribution < 1.29 is 4.48 Å². The summed E-state index contributed by atoms with van der Waals surface area (Å²) in [4.78, 5) is 0. The third-order valence-corrected chi connectivity index (χ3v) is 4.99. The van der Waals surface area contributed by atoms with Crippen molar-refractivity contribution in [3.05, 3.63) is 48.5 Å². The number of anilines is 4. The van der Waals surface area contributed by atoms with Crippen LogP contribution in [0.15, 0.2) is 48.5 Å². The summed E-state index contributed by atoms with van der Waals surface area (Å²) in [7, 11) is 2.35. The van der Waals surface area contributed by atoms with Gasteiger partial charge in [-0.25, -0.2) is 0 Å². The summed E-state index contributed by atoms with van der Waals surface area (Å²) in [5.41, 5.74) is 15.3. The Morgan fingerprint density at radius 2 is 1.12 bits per heavy atom. The minimum Gasteiger partial charge on any atom is -0.399 e. The van der Waals surface area contributed by atoms with Gasteiger partial charge in [-0.1, -0.05) is 0 Å². The summed E-state index contributed by atoms with van der Waals surface area (Å²) in [6.45, 7) is 7.77. The molecule has 0 fully saturated rings. The van der Waals surface area contributed by atoms with Crippen molar-refractivity contribution in [3.8, 4) is 0 Å². The molecule has 0 spiro atoms.